The van der Waals surface area contributed by atoms with Crippen molar-refractivity contribution in [1.82, 2.24) is 4.90 Å². The van der Waals surface area contributed by atoms with Crippen LogP contribution in [0.1, 0.15) is 50.4 Å². The molecule has 0 saturated carbocycles. The zero-order valence-electron chi connectivity index (χ0n) is 13.0. The first kappa shape index (κ1) is 16.9. The maximum absolute atomic E-state index is 12.7. The van der Waals surface area contributed by atoms with E-state index >= 15 is 0 Å². The van der Waals surface area contributed by atoms with E-state index in [-0.39, 0.29) is 5.91 Å². The van der Waals surface area contributed by atoms with Gasteiger partial charge in [0.05, 0.1) is 5.56 Å². The maximum atomic E-state index is 12.7. The highest BCUT2D eigenvalue weighted by Crippen LogP contribution is 2.34. The van der Waals surface area contributed by atoms with Gasteiger partial charge in [-0.15, -0.1) is 12.6 Å². The molecule has 116 valence electrons. The van der Waals surface area contributed by atoms with Crippen LogP contribution < -0.4 is 0 Å². The Kier molecular flexibility index (Phi) is 5.42. The molecule has 0 bridgehead atoms. The molecule has 0 aliphatic carbocycles. The molecular formula is C17H24BrNOS. The Balaban J connectivity index is 2.10. The molecule has 4 heteroatoms. The number of hydrogen-bond donors (Lipinski definition) is 1. The number of thiol groups is 1. The van der Waals surface area contributed by atoms with Crippen molar-refractivity contribution in [2.75, 3.05) is 13.1 Å². The summed E-state index contributed by atoms with van der Waals surface area (Å²) in [6, 6.07) is 5.65. The minimum Gasteiger partial charge on any atom is -0.339 e. The summed E-state index contributed by atoms with van der Waals surface area (Å²) >= 11 is 7.85. The largest absolute Gasteiger partial charge is 0.339 e. The molecule has 1 aromatic rings. The lowest BCUT2D eigenvalue weighted by atomic mass is 9.77. The van der Waals surface area contributed by atoms with Crippen LogP contribution in [0.3, 0.4) is 0 Å². The minimum absolute atomic E-state index is 0.113. The summed E-state index contributed by atoms with van der Waals surface area (Å²) in [5.41, 5.74) is 1.03. The lowest BCUT2D eigenvalue weighted by Crippen LogP contribution is -2.32. The van der Waals surface area contributed by atoms with Gasteiger partial charge in [0.1, 0.15) is 0 Å². The Labute approximate surface area is 141 Å². The number of likely N-dealkylation sites (tertiary alicyclic amines) is 1. The third-order valence-corrected chi connectivity index (χ3v) is 5.29. The molecule has 2 rings (SSSR count). The zero-order chi connectivity index (χ0) is 15.6. The van der Waals surface area contributed by atoms with Gasteiger partial charge in [0, 0.05) is 22.5 Å². The Bertz CT molecular complexity index is 524. The summed E-state index contributed by atoms with van der Waals surface area (Å²) in [7, 11) is 0. The van der Waals surface area contributed by atoms with Crippen LogP contribution in [0.2, 0.25) is 0 Å². The quantitative estimate of drug-likeness (QED) is 0.688. The average Bonchev–Trinajstić information content (AvgIpc) is 2.63. The molecule has 0 radical (unpaired) electrons. The maximum Gasteiger partial charge on any atom is 0.254 e. The molecule has 1 atom stereocenters. The first-order valence-electron chi connectivity index (χ1n) is 7.57. The predicted molar refractivity (Wildman–Crippen MR) is 94.1 cm³/mol. The first-order valence-corrected chi connectivity index (χ1v) is 8.81. The van der Waals surface area contributed by atoms with E-state index in [9.17, 15) is 4.79 Å². The Hall–Kier alpha value is -0.480. The number of halogens is 1. The van der Waals surface area contributed by atoms with Gasteiger partial charge in [-0.05, 0) is 48.8 Å². The molecule has 21 heavy (non-hydrogen) atoms. The van der Waals surface area contributed by atoms with Gasteiger partial charge in [0.15, 0.2) is 0 Å². The van der Waals surface area contributed by atoms with Crippen molar-refractivity contribution in [2.24, 2.45) is 11.3 Å². The SMILES string of the molecule is CC(C)(C)C1CCCN(C(=O)c2ccc(Br)cc2S)CC1. The van der Waals surface area contributed by atoms with Gasteiger partial charge in [-0.2, -0.15) is 0 Å². The molecule has 1 aliphatic heterocycles. The number of rotatable bonds is 1. The van der Waals surface area contributed by atoms with Gasteiger partial charge in [0.2, 0.25) is 0 Å². The average molecular weight is 370 g/mol. The van der Waals surface area contributed by atoms with Crippen molar-refractivity contribution in [2.45, 2.75) is 44.9 Å². The van der Waals surface area contributed by atoms with E-state index < -0.39 is 0 Å². The van der Waals surface area contributed by atoms with E-state index in [4.69, 9.17) is 0 Å². The van der Waals surface area contributed by atoms with Gasteiger partial charge in [0.25, 0.3) is 5.91 Å². The van der Waals surface area contributed by atoms with Crippen molar-refractivity contribution < 1.29 is 4.79 Å². The van der Waals surface area contributed by atoms with Crippen molar-refractivity contribution in [1.29, 1.82) is 0 Å². The molecule has 1 aliphatic rings. The Morgan fingerprint density at radius 2 is 2.00 bits per heavy atom. The number of carbonyl (C=O) groups is 1. The summed E-state index contributed by atoms with van der Waals surface area (Å²) in [6.45, 7) is 8.61. The van der Waals surface area contributed by atoms with Crippen molar-refractivity contribution in [3.8, 4) is 0 Å². The van der Waals surface area contributed by atoms with Gasteiger partial charge in [-0.25, -0.2) is 0 Å². The van der Waals surface area contributed by atoms with Crippen LogP contribution in [-0.2, 0) is 0 Å². The molecule has 1 fully saturated rings. The van der Waals surface area contributed by atoms with E-state index in [1.54, 1.807) is 0 Å². The highest BCUT2D eigenvalue weighted by atomic mass is 79.9. The minimum atomic E-state index is 0.113. The lowest BCUT2D eigenvalue weighted by Gasteiger charge is -2.29. The molecule has 1 aromatic carbocycles. The molecule has 1 amide bonds. The fraction of sp³-hybridized carbons (Fsp3) is 0.588. The predicted octanol–water partition coefficient (Wildman–Crippen LogP) is 5.03. The third kappa shape index (κ3) is 4.26. The monoisotopic (exact) mass is 369 g/mol. The van der Waals surface area contributed by atoms with E-state index in [2.05, 4.69) is 49.3 Å². The highest BCUT2D eigenvalue weighted by molar-refractivity contribution is 9.10. The first-order chi connectivity index (χ1) is 9.79. The molecule has 1 unspecified atom stereocenters. The molecule has 1 heterocycles. The smallest absolute Gasteiger partial charge is 0.254 e. The molecule has 2 nitrogen and oxygen atoms in total. The zero-order valence-corrected chi connectivity index (χ0v) is 15.5. The third-order valence-electron chi connectivity index (χ3n) is 4.43. The number of amides is 1. The van der Waals surface area contributed by atoms with Crippen LogP contribution in [0, 0.1) is 11.3 Å². The fourth-order valence-corrected chi connectivity index (χ4v) is 3.87. The van der Waals surface area contributed by atoms with E-state index in [0.29, 0.717) is 16.9 Å². The molecule has 0 spiro atoms. The number of hydrogen-bond acceptors (Lipinski definition) is 2. The van der Waals surface area contributed by atoms with E-state index in [0.717, 1.165) is 35.3 Å². The Morgan fingerprint density at radius 3 is 2.62 bits per heavy atom. The van der Waals surface area contributed by atoms with Crippen LogP contribution in [0.4, 0.5) is 0 Å². The topological polar surface area (TPSA) is 20.3 Å². The van der Waals surface area contributed by atoms with Crippen LogP contribution >= 0.6 is 28.6 Å². The van der Waals surface area contributed by atoms with Crippen LogP contribution in [-0.4, -0.2) is 23.9 Å². The number of benzene rings is 1. The number of nitrogens with zero attached hydrogens (tertiary/aromatic N) is 1. The van der Waals surface area contributed by atoms with Crippen LogP contribution in [0.5, 0.6) is 0 Å². The summed E-state index contributed by atoms with van der Waals surface area (Å²) < 4.78 is 0.952. The second-order valence-corrected chi connectivity index (χ2v) is 8.35. The molecule has 0 aromatic heterocycles. The van der Waals surface area contributed by atoms with Gasteiger partial charge >= 0.3 is 0 Å². The van der Waals surface area contributed by atoms with E-state index in [1.807, 2.05) is 23.1 Å². The van der Waals surface area contributed by atoms with Crippen molar-refractivity contribution in [3.05, 3.63) is 28.2 Å². The second-order valence-electron chi connectivity index (χ2n) is 6.95. The van der Waals surface area contributed by atoms with Crippen LogP contribution in [0.15, 0.2) is 27.6 Å². The van der Waals surface area contributed by atoms with E-state index in [1.165, 1.54) is 6.42 Å². The Morgan fingerprint density at radius 1 is 1.29 bits per heavy atom. The van der Waals surface area contributed by atoms with Crippen molar-refractivity contribution in [3.63, 3.8) is 0 Å². The van der Waals surface area contributed by atoms with Gasteiger partial charge in [-0.3, -0.25) is 4.79 Å². The van der Waals surface area contributed by atoms with Gasteiger partial charge < -0.3 is 4.90 Å². The van der Waals surface area contributed by atoms with Crippen molar-refractivity contribution >= 4 is 34.5 Å². The second kappa shape index (κ2) is 6.74. The normalized spacial score (nSPS) is 20.2. The summed E-state index contributed by atoms with van der Waals surface area (Å²) in [4.78, 5) is 15.4. The molecule has 0 N–H and O–H groups in total. The van der Waals surface area contributed by atoms with Gasteiger partial charge in [-0.1, -0.05) is 36.7 Å². The summed E-state index contributed by atoms with van der Waals surface area (Å²) in [6.07, 6.45) is 3.39. The fourth-order valence-electron chi connectivity index (χ4n) is 3.02. The standard InChI is InChI=1S/C17H24BrNOS/c1-17(2,3)12-5-4-9-19(10-8-12)16(20)14-7-6-13(18)11-15(14)21/h6-7,11-12,21H,4-5,8-10H2,1-3H3. The highest BCUT2D eigenvalue weighted by Gasteiger charge is 2.29. The van der Waals surface area contributed by atoms with Crippen LogP contribution in [0.25, 0.3) is 0 Å². The summed E-state index contributed by atoms with van der Waals surface area (Å²) in [5, 5.41) is 0. The lowest BCUT2D eigenvalue weighted by molar-refractivity contribution is 0.0752. The molecular weight excluding hydrogens is 346 g/mol. The molecule has 1 saturated heterocycles. The number of carbonyl (C=O) groups excluding carboxylic acids is 1. The summed E-state index contributed by atoms with van der Waals surface area (Å²) in [5.74, 6) is 0.803.